The Kier molecular flexibility index (Phi) is 5.94. The molecule has 0 aromatic heterocycles. The molecule has 0 aliphatic rings. The predicted molar refractivity (Wildman–Crippen MR) is 92.6 cm³/mol. The van der Waals surface area contributed by atoms with E-state index in [0.29, 0.717) is 21.5 Å². The summed E-state index contributed by atoms with van der Waals surface area (Å²) in [4.78, 5) is 0. The molecule has 0 aliphatic carbocycles. The Morgan fingerprint density at radius 3 is 2.33 bits per heavy atom. The van der Waals surface area contributed by atoms with E-state index in [1.165, 1.54) is 5.56 Å². The fraction of sp³-hybridized carbons (Fsp3) is 0.250. The smallest absolute Gasteiger partial charge is 0.130 e. The molecule has 0 radical (unpaired) electrons. The standard InChI is InChI=1S/C16H16BrCl2NO/c1-2-13(20)5-10-3-4-14(9-16(10)17)21-15-7-11(18)6-12(19)8-15/h3-4,6-9,13H,2,5,20H2,1H3. The Bertz CT molecular complexity index is 613. The average Bonchev–Trinajstić information content (AvgIpc) is 2.40. The van der Waals surface area contributed by atoms with Crippen LogP contribution in [0.3, 0.4) is 0 Å². The van der Waals surface area contributed by atoms with E-state index >= 15 is 0 Å². The number of nitrogens with two attached hydrogens (primary N) is 1. The van der Waals surface area contributed by atoms with Gasteiger partial charge in [-0.25, -0.2) is 0 Å². The summed E-state index contributed by atoms with van der Waals surface area (Å²) in [5.41, 5.74) is 7.15. The van der Waals surface area contributed by atoms with Crippen molar-refractivity contribution >= 4 is 39.1 Å². The van der Waals surface area contributed by atoms with Crippen LogP contribution in [0.5, 0.6) is 11.5 Å². The van der Waals surface area contributed by atoms with Crippen molar-refractivity contribution in [2.24, 2.45) is 5.73 Å². The Morgan fingerprint density at radius 2 is 1.76 bits per heavy atom. The van der Waals surface area contributed by atoms with Gasteiger partial charge in [-0.3, -0.25) is 0 Å². The Labute approximate surface area is 143 Å². The lowest BCUT2D eigenvalue weighted by Crippen LogP contribution is -2.21. The molecule has 1 unspecified atom stereocenters. The molecule has 2 aromatic rings. The highest BCUT2D eigenvalue weighted by Crippen LogP contribution is 2.31. The van der Waals surface area contributed by atoms with Crippen molar-refractivity contribution in [2.75, 3.05) is 0 Å². The quantitative estimate of drug-likeness (QED) is 0.699. The minimum Gasteiger partial charge on any atom is -0.457 e. The van der Waals surface area contributed by atoms with Gasteiger partial charge in [-0.15, -0.1) is 0 Å². The molecule has 2 aromatic carbocycles. The number of hydrogen-bond acceptors (Lipinski definition) is 2. The van der Waals surface area contributed by atoms with E-state index in [0.717, 1.165) is 17.3 Å². The summed E-state index contributed by atoms with van der Waals surface area (Å²) in [5.74, 6) is 1.33. The molecule has 0 saturated carbocycles. The largest absolute Gasteiger partial charge is 0.457 e. The molecular weight excluding hydrogens is 373 g/mol. The van der Waals surface area contributed by atoms with Crippen LogP contribution in [0.4, 0.5) is 0 Å². The number of halogens is 3. The minimum absolute atomic E-state index is 0.166. The number of rotatable bonds is 5. The van der Waals surface area contributed by atoms with Gasteiger partial charge in [-0.05, 0) is 48.7 Å². The molecule has 0 bridgehead atoms. The van der Waals surface area contributed by atoms with Gasteiger partial charge in [0, 0.05) is 20.6 Å². The van der Waals surface area contributed by atoms with Crippen LogP contribution in [0, 0.1) is 0 Å². The van der Waals surface area contributed by atoms with Crippen molar-refractivity contribution < 1.29 is 4.74 Å². The van der Waals surface area contributed by atoms with Gasteiger partial charge in [0.1, 0.15) is 11.5 Å². The van der Waals surface area contributed by atoms with Gasteiger partial charge < -0.3 is 10.5 Å². The molecule has 112 valence electrons. The van der Waals surface area contributed by atoms with Crippen LogP contribution >= 0.6 is 39.1 Å². The molecule has 2 rings (SSSR count). The highest BCUT2D eigenvalue weighted by Gasteiger charge is 2.08. The first-order valence-corrected chi connectivity index (χ1v) is 8.20. The Balaban J connectivity index is 2.16. The number of ether oxygens (including phenoxy) is 1. The third-order valence-electron chi connectivity index (χ3n) is 3.10. The van der Waals surface area contributed by atoms with Crippen LogP contribution in [0.15, 0.2) is 40.9 Å². The average molecular weight is 389 g/mol. The zero-order valence-electron chi connectivity index (χ0n) is 11.6. The number of hydrogen-bond donors (Lipinski definition) is 1. The summed E-state index contributed by atoms with van der Waals surface area (Å²) in [6, 6.07) is 11.1. The molecule has 21 heavy (non-hydrogen) atoms. The lowest BCUT2D eigenvalue weighted by Gasteiger charge is -2.12. The van der Waals surface area contributed by atoms with Gasteiger partial charge in [0.15, 0.2) is 0 Å². The number of benzene rings is 2. The topological polar surface area (TPSA) is 35.2 Å². The molecule has 0 aliphatic heterocycles. The summed E-state index contributed by atoms with van der Waals surface area (Å²) >= 11 is 15.5. The lowest BCUT2D eigenvalue weighted by molar-refractivity contribution is 0.482. The van der Waals surface area contributed by atoms with Crippen LogP contribution in [0.1, 0.15) is 18.9 Å². The van der Waals surface area contributed by atoms with Gasteiger partial charge in [0.2, 0.25) is 0 Å². The van der Waals surface area contributed by atoms with Gasteiger partial charge in [0.05, 0.1) is 0 Å². The fourth-order valence-electron chi connectivity index (χ4n) is 1.91. The van der Waals surface area contributed by atoms with E-state index < -0.39 is 0 Å². The molecule has 0 amide bonds. The van der Waals surface area contributed by atoms with Crippen LogP contribution < -0.4 is 10.5 Å². The van der Waals surface area contributed by atoms with Crippen LogP contribution in [0.2, 0.25) is 10.0 Å². The molecule has 1 atom stereocenters. The van der Waals surface area contributed by atoms with Crippen molar-refractivity contribution in [3.05, 3.63) is 56.5 Å². The molecule has 0 spiro atoms. The lowest BCUT2D eigenvalue weighted by atomic mass is 10.0. The van der Waals surface area contributed by atoms with Crippen molar-refractivity contribution in [1.82, 2.24) is 0 Å². The highest BCUT2D eigenvalue weighted by molar-refractivity contribution is 9.10. The zero-order valence-corrected chi connectivity index (χ0v) is 14.7. The predicted octanol–water partition coefficient (Wildman–Crippen LogP) is 5.83. The van der Waals surface area contributed by atoms with Crippen molar-refractivity contribution in [3.8, 4) is 11.5 Å². The van der Waals surface area contributed by atoms with Crippen LogP contribution in [-0.4, -0.2) is 6.04 Å². The molecular formula is C16H16BrCl2NO. The second-order valence-electron chi connectivity index (χ2n) is 4.83. The SMILES string of the molecule is CCC(N)Cc1ccc(Oc2cc(Cl)cc(Cl)c2)cc1Br. The minimum atomic E-state index is 0.166. The summed E-state index contributed by atoms with van der Waals surface area (Å²) < 4.78 is 6.76. The van der Waals surface area contributed by atoms with Gasteiger partial charge >= 0.3 is 0 Å². The zero-order chi connectivity index (χ0) is 15.4. The summed E-state index contributed by atoms with van der Waals surface area (Å²) in [6.07, 6.45) is 1.78. The monoisotopic (exact) mass is 387 g/mol. The maximum absolute atomic E-state index is 5.99. The maximum Gasteiger partial charge on any atom is 0.130 e. The van der Waals surface area contributed by atoms with E-state index in [1.807, 2.05) is 18.2 Å². The van der Waals surface area contributed by atoms with Gasteiger partial charge in [-0.2, -0.15) is 0 Å². The second kappa shape index (κ2) is 7.50. The fourth-order valence-corrected chi connectivity index (χ4v) is 2.93. The van der Waals surface area contributed by atoms with Crippen LogP contribution in [-0.2, 0) is 6.42 Å². The Hall–Kier alpha value is -0.740. The molecule has 0 fully saturated rings. The molecule has 2 N–H and O–H groups in total. The van der Waals surface area contributed by atoms with Gasteiger partial charge in [0.25, 0.3) is 0 Å². The first kappa shape index (κ1) is 16.6. The first-order valence-electron chi connectivity index (χ1n) is 6.66. The summed E-state index contributed by atoms with van der Waals surface area (Å²) in [5, 5.41) is 1.09. The van der Waals surface area contributed by atoms with Crippen molar-refractivity contribution in [2.45, 2.75) is 25.8 Å². The van der Waals surface area contributed by atoms with Gasteiger partial charge in [-0.1, -0.05) is 52.1 Å². The first-order chi connectivity index (χ1) is 9.97. The van der Waals surface area contributed by atoms with E-state index in [1.54, 1.807) is 18.2 Å². The Morgan fingerprint density at radius 1 is 1.10 bits per heavy atom. The second-order valence-corrected chi connectivity index (χ2v) is 6.56. The van der Waals surface area contributed by atoms with Crippen LogP contribution in [0.25, 0.3) is 0 Å². The third kappa shape index (κ3) is 4.89. The molecule has 2 nitrogen and oxygen atoms in total. The van der Waals surface area contributed by atoms with Crippen molar-refractivity contribution in [3.63, 3.8) is 0 Å². The van der Waals surface area contributed by atoms with Crippen molar-refractivity contribution in [1.29, 1.82) is 0 Å². The van der Waals surface area contributed by atoms with E-state index in [9.17, 15) is 0 Å². The third-order valence-corrected chi connectivity index (χ3v) is 4.28. The summed E-state index contributed by atoms with van der Waals surface area (Å²) in [6.45, 7) is 2.08. The maximum atomic E-state index is 5.99. The molecule has 0 saturated heterocycles. The van der Waals surface area contributed by atoms with E-state index in [-0.39, 0.29) is 6.04 Å². The molecule has 0 heterocycles. The normalized spacial score (nSPS) is 12.2. The van der Waals surface area contributed by atoms with E-state index in [4.69, 9.17) is 33.7 Å². The van der Waals surface area contributed by atoms with E-state index in [2.05, 4.69) is 22.9 Å². The summed E-state index contributed by atoms with van der Waals surface area (Å²) in [7, 11) is 0. The highest BCUT2D eigenvalue weighted by atomic mass is 79.9. The molecule has 5 heteroatoms.